The average Bonchev–Trinajstić information content (AvgIpc) is 2.64. The molecule has 6 heteroatoms. The molecule has 6 nitrogen and oxygen atoms in total. The van der Waals surface area contributed by atoms with Crippen molar-refractivity contribution in [1.82, 2.24) is 0 Å². The van der Waals surface area contributed by atoms with Crippen molar-refractivity contribution < 1.29 is 14.2 Å². The van der Waals surface area contributed by atoms with Crippen LogP contribution in [-0.2, 0) is 11.3 Å². The Kier molecular flexibility index (Phi) is 7.59. The quantitative estimate of drug-likeness (QED) is 0.416. The second-order valence-electron chi connectivity index (χ2n) is 5.36. The van der Waals surface area contributed by atoms with Crippen molar-refractivity contribution in [2.45, 2.75) is 13.0 Å². The Balaban J connectivity index is 1.74. The van der Waals surface area contributed by atoms with E-state index in [1.807, 2.05) is 48.5 Å². The van der Waals surface area contributed by atoms with Crippen LogP contribution in [0.3, 0.4) is 0 Å². The first-order valence-electron chi connectivity index (χ1n) is 8.13. The van der Waals surface area contributed by atoms with Gasteiger partial charge in [-0.05, 0) is 30.3 Å². The molecule has 0 radical (unpaired) electrons. The van der Waals surface area contributed by atoms with E-state index >= 15 is 0 Å². The summed E-state index contributed by atoms with van der Waals surface area (Å²) in [5.74, 6) is 2.00. The fraction of sp³-hybridized carbons (Fsp3) is 0.316. The Labute approximate surface area is 148 Å². The number of methoxy groups -OCH3 is 2. The molecule has 2 aromatic rings. The van der Waals surface area contributed by atoms with Crippen molar-refractivity contribution in [3.63, 3.8) is 0 Å². The molecule has 0 aliphatic rings. The number of hydrogen-bond acceptors (Lipinski definition) is 4. The smallest absolute Gasteiger partial charge is 0.193 e. The first-order chi connectivity index (χ1) is 12.2. The number of aliphatic imine (C=N–C) groups is 1. The Morgan fingerprint density at radius 1 is 1.04 bits per heavy atom. The van der Waals surface area contributed by atoms with Gasteiger partial charge in [0.05, 0.1) is 20.3 Å². The lowest BCUT2D eigenvalue weighted by atomic mass is 10.2. The fourth-order valence-electron chi connectivity index (χ4n) is 2.23. The highest BCUT2D eigenvalue weighted by Crippen LogP contribution is 2.17. The molecule has 25 heavy (non-hydrogen) atoms. The summed E-state index contributed by atoms with van der Waals surface area (Å²) in [6.07, 6.45) is 0.772. The molecule has 0 heterocycles. The Morgan fingerprint density at radius 2 is 1.76 bits per heavy atom. The van der Waals surface area contributed by atoms with E-state index in [4.69, 9.17) is 19.9 Å². The molecule has 3 N–H and O–H groups in total. The van der Waals surface area contributed by atoms with Gasteiger partial charge in [-0.3, -0.25) is 4.99 Å². The van der Waals surface area contributed by atoms with E-state index in [2.05, 4.69) is 10.3 Å². The molecule has 0 saturated carbocycles. The number of nitrogens with zero attached hydrogens (tertiary/aromatic N) is 1. The molecule has 0 amide bonds. The maximum atomic E-state index is 5.94. The van der Waals surface area contributed by atoms with Gasteiger partial charge in [0.25, 0.3) is 0 Å². The van der Waals surface area contributed by atoms with Crippen LogP contribution in [0.25, 0.3) is 0 Å². The Morgan fingerprint density at radius 3 is 2.48 bits per heavy atom. The second kappa shape index (κ2) is 10.2. The number of hydrogen-bond donors (Lipinski definition) is 2. The van der Waals surface area contributed by atoms with Gasteiger partial charge in [0.2, 0.25) is 0 Å². The van der Waals surface area contributed by atoms with Crippen LogP contribution < -0.4 is 20.5 Å². The molecule has 0 fully saturated rings. The molecule has 2 aromatic carbocycles. The van der Waals surface area contributed by atoms with Gasteiger partial charge in [-0.25, -0.2) is 0 Å². The fourth-order valence-corrected chi connectivity index (χ4v) is 2.23. The largest absolute Gasteiger partial charge is 0.497 e. The molecule has 0 bridgehead atoms. The molecule has 0 aromatic heterocycles. The van der Waals surface area contributed by atoms with Crippen molar-refractivity contribution >= 4 is 11.6 Å². The van der Waals surface area contributed by atoms with Crippen LogP contribution in [0, 0.1) is 0 Å². The van der Waals surface area contributed by atoms with Crippen molar-refractivity contribution in [2.24, 2.45) is 10.7 Å². The first-order valence-corrected chi connectivity index (χ1v) is 8.13. The molecule has 0 spiro atoms. The van der Waals surface area contributed by atoms with E-state index in [0.29, 0.717) is 25.7 Å². The highest BCUT2D eigenvalue weighted by atomic mass is 16.5. The number of benzene rings is 2. The molecule has 0 saturated heterocycles. The van der Waals surface area contributed by atoms with E-state index in [1.54, 1.807) is 14.2 Å². The SMILES string of the molecule is COCc1ccccc1NC(N)=NCCCOc1ccc(OC)cc1. The van der Waals surface area contributed by atoms with E-state index in [9.17, 15) is 0 Å². The van der Waals surface area contributed by atoms with Gasteiger partial charge in [-0.15, -0.1) is 0 Å². The van der Waals surface area contributed by atoms with Crippen molar-refractivity contribution in [3.05, 3.63) is 54.1 Å². The minimum absolute atomic E-state index is 0.382. The van der Waals surface area contributed by atoms with E-state index in [0.717, 1.165) is 29.2 Å². The lowest BCUT2D eigenvalue weighted by Crippen LogP contribution is -2.23. The third kappa shape index (κ3) is 6.35. The third-order valence-electron chi connectivity index (χ3n) is 3.49. The van der Waals surface area contributed by atoms with E-state index in [-0.39, 0.29) is 0 Å². The van der Waals surface area contributed by atoms with Gasteiger partial charge < -0.3 is 25.3 Å². The normalized spacial score (nSPS) is 11.2. The van der Waals surface area contributed by atoms with Crippen LogP contribution in [-0.4, -0.2) is 33.3 Å². The minimum Gasteiger partial charge on any atom is -0.497 e. The summed E-state index contributed by atoms with van der Waals surface area (Å²) in [5.41, 5.74) is 7.88. The zero-order valence-corrected chi connectivity index (χ0v) is 14.7. The average molecular weight is 343 g/mol. The van der Waals surface area contributed by atoms with Crippen molar-refractivity contribution in [2.75, 3.05) is 32.7 Å². The Hall–Kier alpha value is -2.73. The summed E-state index contributed by atoms with van der Waals surface area (Å²) in [4.78, 5) is 4.32. The van der Waals surface area contributed by atoms with Crippen LogP contribution in [0.5, 0.6) is 11.5 Å². The summed E-state index contributed by atoms with van der Waals surface area (Å²) >= 11 is 0. The van der Waals surface area contributed by atoms with Gasteiger partial charge in [-0.2, -0.15) is 0 Å². The molecule has 134 valence electrons. The van der Waals surface area contributed by atoms with Gasteiger partial charge in [-0.1, -0.05) is 18.2 Å². The Bertz CT molecular complexity index is 672. The number of anilines is 1. The first kappa shape index (κ1) is 18.6. The number of rotatable bonds is 9. The van der Waals surface area contributed by atoms with Gasteiger partial charge in [0.15, 0.2) is 5.96 Å². The predicted octanol–water partition coefficient (Wildman–Crippen LogP) is 3.04. The summed E-state index contributed by atoms with van der Waals surface area (Å²) in [7, 11) is 3.30. The monoisotopic (exact) mass is 343 g/mol. The molecular weight excluding hydrogens is 318 g/mol. The zero-order chi connectivity index (χ0) is 17.9. The van der Waals surface area contributed by atoms with Gasteiger partial charge in [0.1, 0.15) is 11.5 Å². The molecule has 0 unspecified atom stereocenters. The second-order valence-corrected chi connectivity index (χ2v) is 5.36. The molecule has 2 rings (SSSR count). The van der Waals surface area contributed by atoms with E-state index in [1.165, 1.54) is 0 Å². The summed E-state index contributed by atoms with van der Waals surface area (Å²) < 4.78 is 15.9. The minimum atomic E-state index is 0.382. The van der Waals surface area contributed by atoms with Crippen LogP contribution in [0.2, 0.25) is 0 Å². The van der Waals surface area contributed by atoms with Crippen molar-refractivity contribution in [1.29, 1.82) is 0 Å². The summed E-state index contributed by atoms with van der Waals surface area (Å²) in [5, 5.41) is 3.11. The highest BCUT2D eigenvalue weighted by Gasteiger charge is 2.02. The van der Waals surface area contributed by atoms with Crippen LogP contribution in [0.4, 0.5) is 5.69 Å². The predicted molar refractivity (Wildman–Crippen MR) is 100 cm³/mol. The number of nitrogens with one attached hydrogen (secondary N) is 1. The molecular formula is C19H25N3O3. The maximum absolute atomic E-state index is 5.94. The summed E-state index contributed by atoms with van der Waals surface area (Å²) in [6.45, 7) is 1.68. The molecule has 0 atom stereocenters. The van der Waals surface area contributed by atoms with Crippen LogP contribution in [0.1, 0.15) is 12.0 Å². The third-order valence-corrected chi connectivity index (χ3v) is 3.49. The van der Waals surface area contributed by atoms with Crippen LogP contribution in [0.15, 0.2) is 53.5 Å². The molecule has 0 aliphatic heterocycles. The van der Waals surface area contributed by atoms with Gasteiger partial charge >= 0.3 is 0 Å². The zero-order valence-electron chi connectivity index (χ0n) is 14.7. The number of ether oxygens (including phenoxy) is 3. The van der Waals surface area contributed by atoms with E-state index < -0.39 is 0 Å². The number of para-hydroxylation sites is 1. The lowest BCUT2D eigenvalue weighted by molar-refractivity contribution is 0.185. The number of nitrogens with two attached hydrogens (primary N) is 1. The van der Waals surface area contributed by atoms with Crippen LogP contribution >= 0.6 is 0 Å². The lowest BCUT2D eigenvalue weighted by Gasteiger charge is -2.11. The topological polar surface area (TPSA) is 78.1 Å². The number of guanidine groups is 1. The maximum Gasteiger partial charge on any atom is 0.193 e. The summed E-state index contributed by atoms with van der Waals surface area (Å²) in [6, 6.07) is 15.3. The highest BCUT2D eigenvalue weighted by molar-refractivity contribution is 5.92. The van der Waals surface area contributed by atoms with Gasteiger partial charge in [0, 0.05) is 31.3 Å². The standard InChI is InChI=1S/C19H25N3O3/c1-23-14-15-6-3-4-7-18(15)22-19(20)21-12-5-13-25-17-10-8-16(24-2)9-11-17/h3-4,6-11H,5,12-14H2,1-2H3,(H3,20,21,22). The van der Waals surface area contributed by atoms with Crippen molar-refractivity contribution in [3.8, 4) is 11.5 Å². The molecule has 0 aliphatic carbocycles.